The van der Waals surface area contributed by atoms with E-state index in [9.17, 15) is 14.4 Å². The predicted molar refractivity (Wildman–Crippen MR) is 115 cm³/mol. The first-order valence-electron chi connectivity index (χ1n) is 9.96. The SMILES string of the molecule is CCn1c(SCC(=O)NC(=O)NCCC2=CCCCC2)nc2ccccc2c1=O. The molecular formula is C21H26N4O3S. The maximum absolute atomic E-state index is 12.6. The number of amides is 3. The lowest BCUT2D eigenvalue weighted by Crippen LogP contribution is -2.40. The minimum Gasteiger partial charge on any atom is -0.337 e. The van der Waals surface area contributed by atoms with Gasteiger partial charge in [0.1, 0.15) is 0 Å². The number of aromatic nitrogens is 2. The molecule has 2 N–H and O–H groups in total. The third kappa shape index (κ3) is 5.69. The van der Waals surface area contributed by atoms with Gasteiger partial charge in [-0.25, -0.2) is 9.78 Å². The fourth-order valence-electron chi connectivity index (χ4n) is 3.34. The molecule has 1 aromatic heterocycles. The van der Waals surface area contributed by atoms with Crippen LogP contribution in [0.15, 0.2) is 45.9 Å². The summed E-state index contributed by atoms with van der Waals surface area (Å²) in [6, 6.07) is 6.64. The molecule has 0 fully saturated rings. The Morgan fingerprint density at radius 3 is 2.83 bits per heavy atom. The quantitative estimate of drug-likeness (QED) is 0.412. The van der Waals surface area contributed by atoms with Crippen LogP contribution in [0.2, 0.25) is 0 Å². The summed E-state index contributed by atoms with van der Waals surface area (Å²) in [4.78, 5) is 41.1. The van der Waals surface area contributed by atoms with Gasteiger partial charge < -0.3 is 5.32 Å². The zero-order valence-corrected chi connectivity index (χ0v) is 17.4. The molecule has 7 nitrogen and oxygen atoms in total. The molecule has 8 heteroatoms. The van der Waals surface area contributed by atoms with E-state index in [2.05, 4.69) is 21.7 Å². The lowest BCUT2D eigenvalue weighted by Gasteiger charge is -2.13. The minimum atomic E-state index is -0.494. The number of hydrogen-bond donors (Lipinski definition) is 2. The van der Waals surface area contributed by atoms with Gasteiger partial charge in [0, 0.05) is 13.1 Å². The summed E-state index contributed by atoms with van der Waals surface area (Å²) in [5, 5.41) is 6.08. The molecule has 1 aliphatic rings. The highest BCUT2D eigenvalue weighted by Crippen LogP contribution is 2.19. The number of nitrogens with one attached hydrogen (secondary N) is 2. The van der Waals surface area contributed by atoms with E-state index >= 15 is 0 Å². The van der Waals surface area contributed by atoms with Crippen LogP contribution in [0.4, 0.5) is 4.79 Å². The van der Waals surface area contributed by atoms with Crippen molar-refractivity contribution in [1.29, 1.82) is 0 Å². The molecule has 0 spiro atoms. The Hall–Kier alpha value is -2.61. The average Bonchev–Trinajstić information content (AvgIpc) is 2.73. The molecule has 1 aliphatic carbocycles. The van der Waals surface area contributed by atoms with E-state index in [0.29, 0.717) is 29.1 Å². The molecule has 3 amide bonds. The van der Waals surface area contributed by atoms with Gasteiger partial charge in [0.25, 0.3) is 5.56 Å². The summed E-state index contributed by atoms with van der Waals surface area (Å²) in [5.41, 5.74) is 1.84. The van der Waals surface area contributed by atoms with Crippen molar-refractivity contribution in [2.75, 3.05) is 12.3 Å². The molecule has 0 aliphatic heterocycles. The number of allylic oxidation sites excluding steroid dienone is 1. The number of urea groups is 1. The van der Waals surface area contributed by atoms with Gasteiger partial charge in [-0.15, -0.1) is 0 Å². The smallest absolute Gasteiger partial charge is 0.321 e. The molecule has 1 aromatic carbocycles. The standard InChI is InChI=1S/C21H26N4O3S/c1-2-25-19(27)16-10-6-7-11-17(16)23-21(25)29-14-18(26)24-20(28)22-13-12-15-8-4-3-5-9-15/h6-8,10-11H,2-5,9,12-14H2,1H3,(H2,22,24,26,28). The summed E-state index contributed by atoms with van der Waals surface area (Å²) in [5.74, 6) is -0.418. The Morgan fingerprint density at radius 1 is 1.24 bits per heavy atom. The van der Waals surface area contributed by atoms with Gasteiger partial charge in [0.05, 0.1) is 16.7 Å². The number of fused-ring (bicyclic) bond motifs is 1. The third-order valence-corrected chi connectivity index (χ3v) is 5.82. The topological polar surface area (TPSA) is 93.1 Å². The first-order chi connectivity index (χ1) is 14.1. The zero-order chi connectivity index (χ0) is 20.6. The van der Waals surface area contributed by atoms with Crippen molar-refractivity contribution in [3.8, 4) is 0 Å². The predicted octanol–water partition coefficient (Wildman–Crippen LogP) is 3.22. The number of thioether (sulfide) groups is 1. The van der Waals surface area contributed by atoms with Crippen LogP contribution in [0.5, 0.6) is 0 Å². The Kier molecular flexibility index (Phi) is 7.46. The molecular weight excluding hydrogens is 388 g/mol. The van der Waals surface area contributed by atoms with Crippen molar-refractivity contribution >= 4 is 34.6 Å². The molecule has 0 unspecified atom stereocenters. The molecule has 2 aromatic rings. The Bertz CT molecular complexity index is 984. The Balaban J connectivity index is 1.51. The number of hydrogen-bond acceptors (Lipinski definition) is 5. The Morgan fingerprint density at radius 2 is 2.07 bits per heavy atom. The van der Waals surface area contributed by atoms with Crippen LogP contribution < -0.4 is 16.2 Å². The van der Waals surface area contributed by atoms with Crippen LogP contribution in [0, 0.1) is 0 Å². The molecule has 29 heavy (non-hydrogen) atoms. The van der Waals surface area contributed by atoms with Gasteiger partial charge >= 0.3 is 6.03 Å². The van der Waals surface area contributed by atoms with E-state index in [0.717, 1.165) is 31.0 Å². The first kappa shape index (κ1) is 21.1. The van der Waals surface area contributed by atoms with Crippen LogP contribution in [-0.4, -0.2) is 33.8 Å². The fourth-order valence-corrected chi connectivity index (χ4v) is 4.21. The lowest BCUT2D eigenvalue weighted by atomic mass is 9.97. The molecule has 0 atom stereocenters. The van der Waals surface area contributed by atoms with Crippen LogP contribution in [0.3, 0.4) is 0 Å². The second kappa shape index (κ2) is 10.2. The van der Waals surface area contributed by atoms with Crippen LogP contribution in [0.1, 0.15) is 39.0 Å². The van der Waals surface area contributed by atoms with Crippen molar-refractivity contribution in [3.63, 3.8) is 0 Å². The number of carbonyl (C=O) groups excluding carboxylic acids is 2. The van der Waals surface area contributed by atoms with Gasteiger partial charge in [-0.2, -0.15) is 0 Å². The minimum absolute atomic E-state index is 0.00333. The number of para-hydroxylation sites is 1. The summed E-state index contributed by atoms with van der Waals surface area (Å²) in [6.45, 7) is 2.83. The summed E-state index contributed by atoms with van der Waals surface area (Å²) in [7, 11) is 0. The Labute approximate surface area is 174 Å². The van der Waals surface area contributed by atoms with Gasteiger partial charge in [-0.05, 0) is 51.2 Å². The van der Waals surface area contributed by atoms with Crippen molar-refractivity contribution in [3.05, 3.63) is 46.3 Å². The highest BCUT2D eigenvalue weighted by Gasteiger charge is 2.13. The number of imide groups is 1. The second-order valence-corrected chi connectivity index (χ2v) is 7.85. The normalized spacial score (nSPS) is 13.8. The fraction of sp³-hybridized carbons (Fsp3) is 0.429. The molecule has 0 bridgehead atoms. The number of nitrogens with zero attached hydrogens (tertiary/aromatic N) is 2. The van der Waals surface area contributed by atoms with E-state index in [1.807, 2.05) is 13.0 Å². The van der Waals surface area contributed by atoms with Crippen LogP contribution in [0.25, 0.3) is 10.9 Å². The van der Waals surface area contributed by atoms with Gasteiger partial charge in [0.2, 0.25) is 5.91 Å². The maximum atomic E-state index is 12.6. The summed E-state index contributed by atoms with van der Waals surface area (Å²) < 4.78 is 1.54. The maximum Gasteiger partial charge on any atom is 0.321 e. The van der Waals surface area contributed by atoms with Gasteiger partial charge in [0.15, 0.2) is 5.16 Å². The third-order valence-electron chi connectivity index (χ3n) is 4.84. The molecule has 3 rings (SSSR count). The van der Waals surface area contributed by atoms with Crippen molar-refractivity contribution in [2.24, 2.45) is 0 Å². The zero-order valence-electron chi connectivity index (χ0n) is 16.6. The number of rotatable bonds is 7. The monoisotopic (exact) mass is 414 g/mol. The second-order valence-electron chi connectivity index (χ2n) is 6.91. The van der Waals surface area contributed by atoms with E-state index in [4.69, 9.17) is 0 Å². The number of carbonyl (C=O) groups is 2. The molecule has 0 saturated heterocycles. The van der Waals surface area contributed by atoms with E-state index in [1.54, 1.807) is 18.2 Å². The average molecular weight is 415 g/mol. The largest absolute Gasteiger partial charge is 0.337 e. The highest BCUT2D eigenvalue weighted by atomic mass is 32.2. The van der Waals surface area contributed by atoms with E-state index in [1.165, 1.54) is 23.0 Å². The van der Waals surface area contributed by atoms with Gasteiger partial charge in [-0.1, -0.05) is 35.5 Å². The lowest BCUT2D eigenvalue weighted by molar-refractivity contribution is -0.117. The van der Waals surface area contributed by atoms with Crippen LogP contribution in [-0.2, 0) is 11.3 Å². The van der Waals surface area contributed by atoms with Crippen molar-refractivity contribution in [2.45, 2.75) is 50.7 Å². The number of benzene rings is 1. The highest BCUT2D eigenvalue weighted by molar-refractivity contribution is 7.99. The van der Waals surface area contributed by atoms with Crippen LogP contribution >= 0.6 is 11.8 Å². The van der Waals surface area contributed by atoms with Gasteiger partial charge in [-0.3, -0.25) is 19.5 Å². The van der Waals surface area contributed by atoms with E-state index in [-0.39, 0.29) is 11.3 Å². The molecule has 1 heterocycles. The van der Waals surface area contributed by atoms with E-state index < -0.39 is 11.9 Å². The molecule has 154 valence electrons. The molecule has 0 saturated carbocycles. The first-order valence-corrected chi connectivity index (χ1v) is 10.9. The summed E-state index contributed by atoms with van der Waals surface area (Å²) in [6.07, 6.45) is 7.72. The summed E-state index contributed by atoms with van der Waals surface area (Å²) >= 11 is 1.15. The van der Waals surface area contributed by atoms with Crippen molar-refractivity contribution in [1.82, 2.24) is 20.2 Å². The molecule has 0 radical (unpaired) electrons. The van der Waals surface area contributed by atoms with Crippen molar-refractivity contribution < 1.29 is 9.59 Å².